The topological polar surface area (TPSA) is 70.5 Å². The minimum absolute atomic E-state index is 0.107. The summed E-state index contributed by atoms with van der Waals surface area (Å²) in [5.74, 6) is 1.69. The average molecular weight is 342 g/mol. The molecule has 0 radical (unpaired) electrons. The average Bonchev–Trinajstić information content (AvgIpc) is 2.68. The predicted molar refractivity (Wildman–Crippen MR) is 98.9 cm³/mol. The van der Waals surface area contributed by atoms with Crippen molar-refractivity contribution in [3.63, 3.8) is 0 Å². The lowest BCUT2D eigenvalue weighted by Gasteiger charge is -2.29. The van der Waals surface area contributed by atoms with Gasteiger partial charge in [0.05, 0.1) is 19.8 Å². The van der Waals surface area contributed by atoms with Crippen LogP contribution in [0.5, 0.6) is 0 Å². The van der Waals surface area contributed by atoms with E-state index in [0.717, 1.165) is 44.4 Å². The van der Waals surface area contributed by atoms with Crippen molar-refractivity contribution in [2.24, 2.45) is 5.41 Å². The van der Waals surface area contributed by atoms with Gasteiger partial charge in [-0.25, -0.2) is 9.97 Å². The molecule has 134 valence electrons. The minimum atomic E-state index is -0.259. The monoisotopic (exact) mass is 342 g/mol. The molecule has 0 bridgehead atoms. The molecule has 0 saturated carbocycles. The molecule has 1 aliphatic rings. The van der Waals surface area contributed by atoms with Gasteiger partial charge < -0.3 is 20.1 Å². The van der Waals surface area contributed by atoms with Crippen molar-refractivity contribution in [1.82, 2.24) is 9.97 Å². The number of nitrogens with zero attached hydrogens (tertiary/aromatic N) is 3. The molecule has 3 rings (SSSR count). The second-order valence-electron chi connectivity index (χ2n) is 6.85. The molecular formula is C19H26N4O2. The Morgan fingerprint density at radius 3 is 2.68 bits per heavy atom. The summed E-state index contributed by atoms with van der Waals surface area (Å²) in [7, 11) is 0. The van der Waals surface area contributed by atoms with E-state index in [2.05, 4.69) is 39.2 Å². The zero-order chi connectivity index (χ0) is 17.5. The van der Waals surface area contributed by atoms with Crippen LogP contribution in [0.25, 0.3) is 0 Å². The Morgan fingerprint density at radius 1 is 1.20 bits per heavy atom. The second kappa shape index (κ2) is 8.27. The zero-order valence-corrected chi connectivity index (χ0v) is 14.7. The quantitative estimate of drug-likeness (QED) is 0.802. The molecule has 1 saturated heterocycles. The molecule has 1 fully saturated rings. The minimum Gasteiger partial charge on any atom is -0.396 e. The van der Waals surface area contributed by atoms with Crippen molar-refractivity contribution in [3.8, 4) is 0 Å². The van der Waals surface area contributed by atoms with Gasteiger partial charge in [0, 0.05) is 31.1 Å². The van der Waals surface area contributed by atoms with E-state index >= 15 is 0 Å². The summed E-state index contributed by atoms with van der Waals surface area (Å²) in [6.45, 7) is 5.97. The summed E-state index contributed by atoms with van der Waals surface area (Å²) < 4.78 is 5.39. The van der Waals surface area contributed by atoms with E-state index in [1.807, 2.05) is 24.3 Å². The van der Waals surface area contributed by atoms with Crippen molar-refractivity contribution in [2.75, 3.05) is 49.7 Å². The molecule has 2 aromatic rings. The summed E-state index contributed by atoms with van der Waals surface area (Å²) in [4.78, 5) is 10.9. The van der Waals surface area contributed by atoms with E-state index in [-0.39, 0.29) is 12.0 Å². The van der Waals surface area contributed by atoms with E-state index in [9.17, 15) is 5.11 Å². The van der Waals surface area contributed by atoms with Crippen molar-refractivity contribution >= 4 is 11.6 Å². The highest BCUT2D eigenvalue weighted by atomic mass is 16.5. The first-order chi connectivity index (χ1) is 12.2. The van der Waals surface area contributed by atoms with Crippen molar-refractivity contribution in [3.05, 3.63) is 48.3 Å². The molecule has 6 heteroatoms. The third-order valence-electron chi connectivity index (χ3n) is 4.54. The first kappa shape index (κ1) is 17.6. The molecule has 0 unspecified atom stereocenters. The molecule has 6 nitrogen and oxygen atoms in total. The molecule has 1 aromatic heterocycles. The van der Waals surface area contributed by atoms with E-state index in [1.54, 1.807) is 6.33 Å². The van der Waals surface area contributed by atoms with E-state index in [4.69, 9.17) is 4.74 Å². The van der Waals surface area contributed by atoms with Crippen LogP contribution < -0.4 is 10.2 Å². The molecule has 2 N–H and O–H groups in total. The number of nitrogens with one attached hydrogen (secondary N) is 1. The number of aromatic nitrogens is 2. The van der Waals surface area contributed by atoms with Crippen molar-refractivity contribution < 1.29 is 9.84 Å². The Hall–Kier alpha value is -2.18. The fourth-order valence-electron chi connectivity index (χ4n) is 2.98. The summed E-state index contributed by atoms with van der Waals surface area (Å²) in [6, 6.07) is 12.2. The van der Waals surface area contributed by atoms with Gasteiger partial charge in [0.1, 0.15) is 18.0 Å². The number of morpholine rings is 1. The number of rotatable bonds is 7. The Balaban J connectivity index is 1.63. The third kappa shape index (κ3) is 4.90. The maximum atomic E-state index is 9.89. The first-order valence-corrected chi connectivity index (χ1v) is 8.72. The van der Waals surface area contributed by atoms with Crippen molar-refractivity contribution in [1.29, 1.82) is 0 Å². The fourth-order valence-corrected chi connectivity index (χ4v) is 2.98. The normalized spacial score (nSPS) is 17.1. The molecule has 2 heterocycles. The fraction of sp³-hybridized carbons (Fsp3) is 0.474. The van der Waals surface area contributed by atoms with Crippen LogP contribution in [-0.2, 0) is 11.2 Å². The van der Waals surface area contributed by atoms with Crippen LogP contribution in [0.4, 0.5) is 11.6 Å². The van der Waals surface area contributed by atoms with E-state index < -0.39 is 0 Å². The van der Waals surface area contributed by atoms with Gasteiger partial charge >= 0.3 is 0 Å². The number of benzene rings is 1. The molecule has 0 amide bonds. The summed E-state index contributed by atoms with van der Waals surface area (Å²) in [5, 5.41) is 13.3. The highest BCUT2D eigenvalue weighted by molar-refractivity contribution is 5.48. The highest BCUT2D eigenvalue weighted by Crippen LogP contribution is 2.23. The van der Waals surface area contributed by atoms with Crippen LogP contribution in [0.3, 0.4) is 0 Å². The van der Waals surface area contributed by atoms with Crippen LogP contribution in [0, 0.1) is 5.41 Å². The maximum absolute atomic E-state index is 9.89. The van der Waals surface area contributed by atoms with E-state index in [1.165, 1.54) is 5.56 Å². The molecular weight excluding hydrogens is 316 g/mol. The number of ether oxygens (including phenoxy) is 1. The maximum Gasteiger partial charge on any atom is 0.134 e. The Morgan fingerprint density at radius 2 is 1.96 bits per heavy atom. The third-order valence-corrected chi connectivity index (χ3v) is 4.54. The molecule has 25 heavy (non-hydrogen) atoms. The Bertz CT molecular complexity index is 661. The summed E-state index contributed by atoms with van der Waals surface area (Å²) >= 11 is 0. The van der Waals surface area contributed by atoms with Gasteiger partial charge in [-0.15, -0.1) is 0 Å². The Kier molecular flexibility index (Phi) is 5.83. The van der Waals surface area contributed by atoms with Gasteiger partial charge in [-0.2, -0.15) is 0 Å². The first-order valence-electron chi connectivity index (χ1n) is 8.72. The number of aliphatic hydroxyl groups excluding tert-OH is 1. The van der Waals surface area contributed by atoms with Gasteiger partial charge in [-0.3, -0.25) is 0 Å². The lowest BCUT2D eigenvalue weighted by atomic mass is 9.84. The van der Waals surface area contributed by atoms with Crippen LogP contribution >= 0.6 is 0 Å². The standard InChI is InChI=1S/C19H26N4O2/c1-19(14-24,12-16-5-3-2-4-6-16)13-20-17-11-18(22-15-21-17)23-7-9-25-10-8-23/h2-6,11,15,24H,7-10,12-14H2,1H3,(H,20,21,22)/t19-/m0/s1. The van der Waals surface area contributed by atoms with Gasteiger partial charge in [0.15, 0.2) is 0 Å². The second-order valence-corrected chi connectivity index (χ2v) is 6.85. The predicted octanol–water partition coefficient (Wildman–Crippen LogP) is 1.97. The van der Waals surface area contributed by atoms with Crippen LogP contribution in [0.2, 0.25) is 0 Å². The summed E-state index contributed by atoms with van der Waals surface area (Å²) in [6.07, 6.45) is 2.39. The molecule has 1 aliphatic heterocycles. The lowest BCUT2D eigenvalue weighted by molar-refractivity contribution is 0.122. The molecule has 1 atom stereocenters. The summed E-state index contributed by atoms with van der Waals surface area (Å²) in [5.41, 5.74) is 0.961. The zero-order valence-electron chi connectivity index (χ0n) is 14.7. The van der Waals surface area contributed by atoms with Crippen LogP contribution in [0.1, 0.15) is 12.5 Å². The highest BCUT2D eigenvalue weighted by Gasteiger charge is 2.24. The lowest BCUT2D eigenvalue weighted by Crippen LogP contribution is -2.37. The largest absolute Gasteiger partial charge is 0.396 e. The van der Waals surface area contributed by atoms with Gasteiger partial charge in [-0.1, -0.05) is 37.3 Å². The number of anilines is 2. The molecule has 1 aromatic carbocycles. The van der Waals surface area contributed by atoms with Crippen LogP contribution in [0.15, 0.2) is 42.7 Å². The van der Waals surface area contributed by atoms with Gasteiger partial charge in [-0.05, 0) is 12.0 Å². The van der Waals surface area contributed by atoms with Crippen molar-refractivity contribution in [2.45, 2.75) is 13.3 Å². The smallest absolute Gasteiger partial charge is 0.134 e. The number of hydrogen-bond acceptors (Lipinski definition) is 6. The van der Waals surface area contributed by atoms with Gasteiger partial charge in [0.2, 0.25) is 0 Å². The Labute approximate surface area is 148 Å². The number of aliphatic hydroxyl groups is 1. The van der Waals surface area contributed by atoms with Gasteiger partial charge in [0.25, 0.3) is 0 Å². The number of hydrogen-bond donors (Lipinski definition) is 2. The SMILES string of the molecule is C[C@@](CO)(CNc1cc(N2CCOCC2)ncn1)Cc1ccccc1. The molecule has 0 aliphatic carbocycles. The molecule has 0 spiro atoms. The van der Waals surface area contributed by atoms with E-state index in [0.29, 0.717) is 6.54 Å². The van der Waals surface area contributed by atoms with Crippen LogP contribution in [-0.4, -0.2) is 54.5 Å².